The summed E-state index contributed by atoms with van der Waals surface area (Å²) in [6.45, 7) is 2.68. The van der Waals surface area contributed by atoms with Crippen molar-refractivity contribution in [3.63, 3.8) is 0 Å². The quantitative estimate of drug-likeness (QED) is 0.0251. The third-order valence-corrected chi connectivity index (χ3v) is 6.70. The van der Waals surface area contributed by atoms with Crippen molar-refractivity contribution in [1.29, 1.82) is 0 Å². The van der Waals surface area contributed by atoms with Crippen molar-refractivity contribution in [2.75, 3.05) is 26.2 Å². The van der Waals surface area contributed by atoms with E-state index in [0.717, 1.165) is 6.92 Å². The molecule has 0 radical (unpaired) electrons. The van der Waals surface area contributed by atoms with Gasteiger partial charge in [-0.3, -0.25) is 38.6 Å². The van der Waals surface area contributed by atoms with Crippen molar-refractivity contribution in [2.24, 2.45) is 33.8 Å². The number of carboxylic acid groups (broad SMARTS) is 1. The summed E-state index contributed by atoms with van der Waals surface area (Å²) in [5, 5.41) is 42.5. The Balaban J connectivity index is 5.21. The minimum Gasteiger partial charge on any atom is -0.480 e. The molecule has 0 aliphatic rings. The molecule has 0 heterocycles. The maximum Gasteiger partial charge on any atom is 0.326 e. The molecular weight excluding hydrogens is 666 g/mol. The zero-order chi connectivity index (χ0) is 38.6. The molecule has 0 fully saturated rings. The van der Waals surface area contributed by atoms with Crippen LogP contribution in [0.5, 0.6) is 0 Å². The largest absolute Gasteiger partial charge is 0.480 e. The van der Waals surface area contributed by atoms with Crippen LogP contribution in [0.3, 0.4) is 0 Å². The standard InChI is InChI=1S/C28H51N11O11/c1-13(2)9-17(38-25(47)18(12-40)36-20(43)10-34-23(45)15(29)5-4-8-33-28(31)32)24(46)35-11-21(44)39-22(14(3)41)26(48)37-16(27(49)50)6-7-19(30)42/h13-18,22,40-41H,4-12,29H2,1-3H3,(H2,30,42)(H,34,45)(H,35,46)(H,36,43)(H,37,48)(H,38,47)(H,39,44)(H,49,50)(H4,31,32,33)/t14-,15+,16+,17+,18+,22+/m1/s1. The number of rotatable bonds is 24. The molecule has 0 rings (SSSR count). The number of hydrogen-bond acceptors (Lipinski definition) is 12. The van der Waals surface area contributed by atoms with E-state index in [-0.39, 0.29) is 44.1 Å². The summed E-state index contributed by atoms with van der Waals surface area (Å²) in [5.74, 6) is -7.91. The van der Waals surface area contributed by atoms with Crippen LogP contribution in [0.15, 0.2) is 4.99 Å². The molecule has 22 heteroatoms. The second-order valence-electron chi connectivity index (χ2n) is 11.7. The van der Waals surface area contributed by atoms with Gasteiger partial charge in [0, 0.05) is 13.0 Å². The fourth-order valence-corrected chi connectivity index (χ4v) is 4.09. The summed E-state index contributed by atoms with van der Waals surface area (Å²) in [7, 11) is 0. The predicted molar refractivity (Wildman–Crippen MR) is 176 cm³/mol. The Morgan fingerprint density at radius 2 is 1.28 bits per heavy atom. The van der Waals surface area contributed by atoms with Crippen molar-refractivity contribution in [3.05, 3.63) is 0 Å². The maximum absolute atomic E-state index is 13.0. The maximum atomic E-state index is 13.0. The van der Waals surface area contributed by atoms with E-state index in [9.17, 15) is 53.7 Å². The summed E-state index contributed by atoms with van der Waals surface area (Å²) in [6, 6.07) is -6.94. The highest BCUT2D eigenvalue weighted by molar-refractivity contribution is 5.95. The highest BCUT2D eigenvalue weighted by Gasteiger charge is 2.31. The molecule has 7 amide bonds. The van der Waals surface area contributed by atoms with Gasteiger partial charge in [-0.1, -0.05) is 13.8 Å². The van der Waals surface area contributed by atoms with Gasteiger partial charge in [-0.15, -0.1) is 0 Å². The predicted octanol–water partition coefficient (Wildman–Crippen LogP) is -6.69. The minimum atomic E-state index is -1.65. The lowest BCUT2D eigenvalue weighted by Crippen LogP contribution is -2.58. The number of primary amides is 1. The molecule has 0 saturated heterocycles. The first-order valence-corrected chi connectivity index (χ1v) is 15.6. The van der Waals surface area contributed by atoms with Crippen molar-refractivity contribution in [3.8, 4) is 0 Å². The van der Waals surface area contributed by atoms with Crippen LogP contribution >= 0.6 is 0 Å². The number of carbonyl (C=O) groups is 8. The van der Waals surface area contributed by atoms with Gasteiger partial charge in [-0.05, 0) is 38.5 Å². The highest BCUT2D eigenvalue weighted by Crippen LogP contribution is 2.06. The monoisotopic (exact) mass is 717 g/mol. The van der Waals surface area contributed by atoms with E-state index in [1.807, 2.05) is 0 Å². The normalized spacial score (nSPS) is 14.4. The van der Waals surface area contributed by atoms with Crippen LogP contribution in [0.1, 0.15) is 52.9 Å². The van der Waals surface area contributed by atoms with Crippen molar-refractivity contribution >= 4 is 53.3 Å². The highest BCUT2D eigenvalue weighted by atomic mass is 16.4. The molecule has 0 aliphatic heterocycles. The third-order valence-electron chi connectivity index (χ3n) is 6.70. The second kappa shape index (κ2) is 23.3. The van der Waals surface area contributed by atoms with Crippen LogP contribution in [0.4, 0.5) is 0 Å². The summed E-state index contributed by atoms with van der Waals surface area (Å²) in [5.41, 5.74) is 21.2. The van der Waals surface area contributed by atoms with Crippen LogP contribution in [0.25, 0.3) is 0 Å². The first-order chi connectivity index (χ1) is 23.3. The van der Waals surface area contributed by atoms with E-state index in [0.29, 0.717) is 6.42 Å². The smallest absolute Gasteiger partial charge is 0.326 e. The minimum absolute atomic E-state index is 0.0585. The number of carboxylic acids is 1. The average Bonchev–Trinajstić information content (AvgIpc) is 3.02. The van der Waals surface area contributed by atoms with Crippen LogP contribution in [0, 0.1) is 5.92 Å². The molecule has 0 aromatic heterocycles. The van der Waals surface area contributed by atoms with Gasteiger partial charge in [0.1, 0.15) is 24.2 Å². The molecular formula is C28H51N11O11. The Morgan fingerprint density at radius 1 is 0.720 bits per heavy atom. The molecule has 284 valence electrons. The molecule has 0 aliphatic carbocycles. The number of carbonyl (C=O) groups excluding carboxylic acids is 7. The fraction of sp³-hybridized carbons (Fsp3) is 0.679. The number of amides is 7. The Morgan fingerprint density at radius 3 is 1.78 bits per heavy atom. The van der Waals surface area contributed by atoms with Gasteiger partial charge in [0.05, 0.1) is 31.8 Å². The SMILES string of the molecule is CC(C)C[C@H](NC(=O)[C@H](CO)NC(=O)CNC(=O)[C@@H](N)CCCN=C(N)N)C(=O)NCC(=O)N[C@H](C(=O)N[C@@H](CCC(N)=O)C(=O)O)[C@@H](C)O. The molecule has 0 unspecified atom stereocenters. The van der Waals surface area contributed by atoms with Gasteiger partial charge >= 0.3 is 5.97 Å². The van der Waals surface area contributed by atoms with Gasteiger partial charge in [-0.25, -0.2) is 4.79 Å². The molecule has 17 N–H and O–H groups in total. The second-order valence-corrected chi connectivity index (χ2v) is 11.7. The lowest BCUT2D eigenvalue weighted by atomic mass is 10.0. The third kappa shape index (κ3) is 19.0. The van der Waals surface area contributed by atoms with Gasteiger partial charge in [-0.2, -0.15) is 0 Å². The number of aliphatic hydroxyl groups is 2. The number of guanidine groups is 1. The van der Waals surface area contributed by atoms with Crippen molar-refractivity contribution < 1.29 is 53.7 Å². The molecule has 0 aromatic carbocycles. The van der Waals surface area contributed by atoms with Gasteiger partial charge in [0.15, 0.2) is 5.96 Å². The van der Waals surface area contributed by atoms with Crippen molar-refractivity contribution in [2.45, 2.75) is 89.2 Å². The number of nitrogens with zero attached hydrogens (tertiary/aromatic N) is 1. The Kier molecular flexibility index (Phi) is 20.9. The van der Waals surface area contributed by atoms with E-state index in [1.165, 1.54) is 0 Å². The average molecular weight is 718 g/mol. The van der Waals surface area contributed by atoms with E-state index in [4.69, 9.17) is 22.9 Å². The number of aliphatic hydroxyl groups excluding tert-OH is 2. The lowest BCUT2D eigenvalue weighted by molar-refractivity contribution is -0.143. The Labute approximate surface area is 288 Å². The molecule has 6 atom stereocenters. The number of aliphatic imine (C=N–C) groups is 1. The Bertz CT molecular complexity index is 1230. The zero-order valence-corrected chi connectivity index (χ0v) is 28.3. The van der Waals surface area contributed by atoms with Gasteiger partial charge in [0.2, 0.25) is 41.4 Å². The van der Waals surface area contributed by atoms with Crippen LogP contribution in [0.2, 0.25) is 0 Å². The molecule has 0 bridgehead atoms. The number of nitrogens with two attached hydrogens (primary N) is 4. The molecule has 0 saturated carbocycles. The number of hydrogen-bond donors (Lipinski definition) is 13. The number of nitrogens with one attached hydrogen (secondary N) is 6. The molecule has 50 heavy (non-hydrogen) atoms. The summed E-state index contributed by atoms with van der Waals surface area (Å²) >= 11 is 0. The summed E-state index contributed by atoms with van der Waals surface area (Å²) in [6.07, 6.45) is -1.53. The van der Waals surface area contributed by atoms with Crippen LogP contribution in [-0.2, 0) is 38.4 Å². The van der Waals surface area contributed by atoms with Crippen LogP contribution in [-0.4, -0.2) is 131 Å². The first kappa shape index (κ1) is 44.9. The van der Waals surface area contributed by atoms with Gasteiger partial charge in [0.25, 0.3) is 0 Å². The first-order valence-electron chi connectivity index (χ1n) is 15.6. The summed E-state index contributed by atoms with van der Waals surface area (Å²) < 4.78 is 0. The summed E-state index contributed by atoms with van der Waals surface area (Å²) in [4.78, 5) is 102. The molecule has 0 aromatic rings. The molecule has 22 nitrogen and oxygen atoms in total. The fourth-order valence-electron chi connectivity index (χ4n) is 4.09. The van der Waals surface area contributed by atoms with E-state index in [1.54, 1.807) is 13.8 Å². The van der Waals surface area contributed by atoms with Crippen molar-refractivity contribution in [1.82, 2.24) is 31.9 Å². The lowest BCUT2D eigenvalue weighted by Gasteiger charge is -2.24. The molecule has 0 spiro atoms. The van der Waals surface area contributed by atoms with Gasteiger partial charge < -0.3 is 70.2 Å². The zero-order valence-electron chi connectivity index (χ0n) is 28.3. The Hall–Kier alpha value is -5.09. The topological polar surface area (TPSA) is 386 Å². The van der Waals surface area contributed by atoms with E-state index < -0.39 is 103 Å². The number of aliphatic carboxylic acids is 1. The van der Waals surface area contributed by atoms with E-state index in [2.05, 4.69) is 36.9 Å². The van der Waals surface area contributed by atoms with Crippen LogP contribution < -0.4 is 54.8 Å². The van der Waals surface area contributed by atoms with E-state index >= 15 is 0 Å².